The van der Waals surface area contributed by atoms with Crippen LogP contribution >= 0.6 is 0 Å². The van der Waals surface area contributed by atoms with Crippen molar-refractivity contribution in [2.45, 2.75) is 44.0 Å². The zero-order valence-corrected chi connectivity index (χ0v) is 17.7. The molecule has 0 radical (unpaired) electrons. The molecule has 3 aromatic rings. The van der Waals surface area contributed by atoms with E-state index in [-0.39, 0.29) is 24.0 Å². The Morgan fingerprint density at radius 2 is 1.85 bits per heavy atom. The van der Waals surface area contributed by atoms with E-state index in [4.69, 9.17) is 15.3 Å². The second-order valence-electron chi connectivity index (χ2n) is 7.46. The highest BCUT2D eigenvalue weighted by Crippen LogP contribution is 2.21. The normalized spacial score (nSPS) is 14.8. The summed E-state index contributed by atoms with van der Waals surface area (Å²) >= 11 is 0. The van der Waals surface area contributed by atoms with E-state index in [1.165, 1.54) is 13.3 Å². The van der Waals surface area contributed by atoms with Gasteiger partial charge in [0.15, 0.2) is 6.04 Å². The Kier molecular flexibility index (Phi) is 7.58. The predicted molar refractivity (Wildman–Crippen MR) is 113 cm³/mol. The fraction of sp³-hybridized carbons (Fsp3) is 0.350. The number of hydrogen-bond acceptors (Lipinski definition) is 9. The van der Waals surface area contributed by atoms with Crippen LogP contribution in [0, 0.1) is 0 Å². The molecule has 3 rings (SSSR count). The van der Waals surface area contributed by atoms with Crippen molar-refractivity contribution in [3.63, 3.8) is 0 Å². The lowest BCUT2D eigenvalue weighted by atomic mass is 10.1. The van der Waals surface area contributed by atoms with Gasteiger partial charge < -0.3 is 41.1 Å². The molecule has 13 nitrogen and oxygen atoms in total. The first-order chi connectivity index (χ1) is 15.7. The van der Waals surface area contributed by atoms with Gasteiger partial charge >= 0.3 is 12.0 Å². The van der Waals surface area contributed by atoms with Crippen LogP contribution in [0.5, 0.6) is 5.75 Å². The van der Waals surface area contributed by atoms with Crippen molar-refractivity contribution in [2.75, 3.05) is 0 Å². The summed E-state index contributed by atoms with van der Waals surface area (Å²) in [6.07, 6.45) is 2.26. The number of aromatic amines is 1. The lowest BCUT2D eigenvalue weighted by Crippen LogP contribution is -2.51. The fourth-order valence-corrected chi connectivity index (χ4v) is 3.06. The van der Waals surface area contributed by atoms with Gasteiger partial charge in [0.1, 0.15) is 11.8 Å². The van der Waals surface area contributed by atoms with Crippen LogP contribution in [0.1, 0.15) is 42.0 Å². The van der Waals surface area contributed by atoms with Crippen molar-refractivity contribution in [3.05, 3.63) is 59.8 Å². The number of hydrogen-bond donors (Lipinski definition) is 7. The summed E-state index contributed by atoms with van der Waals surface area (Å²) in [4.78, 5) is 30.5. The highest BCUT2D eigenvalue weighted by atomic mass is 16.4. The fourth-order valence-electron chi connectivity index (χ4n) is 3.06. The number of phenolic OH excluding ortho intramolecular Hbond substituents is 1. The zero-order chi connectivity index (χ0) is 24.0. The largest absolute Gasteiger partial charge is 0.508 e. The number of nitrogens with two attached hydrogens (primary N) is 1. The molecule has 33 heavy (non-hydrogen) atoms. The molecule has 0 aliphatic carbocycles. The molecule has 0 bridgehead atoms. The SMILES string of the molecule is CC(O)[C@H](NC(=O)N[C@@H](Cc1cnc[nH]1)c1nnc([C@@H](N)Cc2ccc(O)cc2)o1)C(=O)O. The van der Waals surface area contributed by atoms with Gasteiger partial charge in [0.05, 0.1) is 18.5 Å². The average molecular weight is 459 g/mol. The number of carboxylic acid groups (broad SMARTS) is 1. The third-order valence-corrected chi connectivity index (χ3v) is 4.78. The Labute approximate surface area is 188 Å². The molecular weight excluding hydrogens is 434 g/mol. The Balaban J connectivity index is 1.74. The number of urea groups is 1. The summed E-state index contributed by atoms with van der Waals surface area (Å²) in [5, 5.41) is 40.9. The van der Waals surface area contributed by atoms with Gasteiger partial charge in [-0.2, -0.15) is 0 Å². The van der Waals surface area contributed by atoms with Crippen LogP contribution in [-0.2, 0) is 17.6 Å². The molecule has 2 aromatic heterocycles. The molecule has 13 heteroatoms. The molecule has 2 amide bonds. The number of aliphatic carboxylic acids is 1. The number of aromatic nitrogens is 4. The predicted octanol–water partition coefficient (Wildman–Crippen LogP) is 0.158. The van der Waals surface area contributed by atoms with E-state index in [0.717, 1.165) is 5.56 Å². The minimum absolute atomic E-state index is 0.0554. The van der Waals surface area contributed by atoms with E-state index in [1.54, 1.807) is 30.5 Å². The number of carboxylic acids is 1. The minimum atomic E-state index is -1.50. The lowest BCUT2D eigenvalue weighted by molar-refractivity contribution is -0.141. The van der Waals surface area contributed by atoms with Crippen molar-refractivity contribution in [1.29, 1.82) is 0 Å². The van der Waals surface area contributed by atoms with Crippen molar-refractivity contribution in [1.82, 2.24) is 30.8 Å². The molecule has 0 spiro atoms. The third kappa shape index (κ3) is 6.51. The van der Waals surface area contributed by atoms with Gasteiger partial charge in [0, 0.05) is 18.3 Å². The number of aromatic hydroxyl groups is 1. The average Bonchev–Trinajstić information content (AvgIpc) is 3.45. The number of phenols is 1. The number of carbonyl (C=O) groups excluding carboxylic acids is 1. The summed E-state index contributed by atoms with van der Waals surface area (Å²) in [5.41, 5.74) is 7.68. The minimum Gasteiger partial charge on any atom is -0.508 e. The summed E-state index contributed by atoms with van der Waals surface area (Å²) in [6, 6.07) is 2.71. The molecule has 0 aliphatic rings. The molecule has 8 N–H and O–H groups in total. The van der Waals surface area contributed by atoms with E-state index in [0.29, 0.717) is 12.1 Å². The molecule has 0 fully saturated rings. The number of amides is 2. The molecule has 0 saturated carbocycles. The first-order valence-corrected chi connectivity index (χ1v) is 10.0. The van der Waals surface area contributed by atoms with Gasteiger partial charge in [-0.1, -0.05) is 12.1 Å². The van der Waals surface area contributed by atoms with E-state index in [9.17, 15) is 19.8 Å². The topological polar surface area (TPSA) is 213 Å². The number of benzene rings is 1. The standard InChI is InChI=1S/C20H25N7O6/c1-10(28)16(19(30)31)25-20(32)24-15(7-12-8-22-9-23-12)18-27-26-17(33-18)14(21)6-11-2-4-13(29)5-3-11/h2-5,8-10,14-16,28-29H,6-7,21H2,1H3,(H,22,23)(H,30,31)(H2,24,25,32)/t10?,14-,15-,16-/m0/s1. The van der Waals surface area contributed by atoms with Gasteiger partial charge in [-0.3, -0.25) is 0 Å². The molecule has 1 aromatic carbocycles. The van der Waals surface area contributed by atoms with Gasteiger partial charge in [-0.25, -0.2) is 14.6 Å². The van der Waals surface area contributed by atoms with Crippen LogP contribution < -0.4 is 16.4 Å². The number of aliphatic hydroxyl groups excluding tert-OH is 1. The Bertz CT molecular complexity index is 1050. The third-order valence-electron chi connectivity index (χ3n) is 4.78. The molecule has 176 valence electrons. The van der Waals surface area contributed by atoms with Gasteiger partial charge in [-0.15, -0.1) is 10.2 Å². The Morgan fingerprint density at radius 3 is 2.45 bits per heavy atom. The maximum atomic E-state index is 12.4. The first kappa shape index (κ1) is 23.7. The van der Waals surface area contributed by atoms with E-state index < -0.39 is 36.2 Å². The van der Waals surface area contributed by atoms with Crippen LogP contribution in [0.2, 0.25) is 0 Å². The molecule has 0 aliphatic heterocycles. The summed E-state index contributed by atoms with van der Waals surface area (Å²) < 4.78 is 5.71. The van der Waals surface area contributed by atoms with Crippen molar-refractivity contribution in [3.8, 4) is 5.75 Å². The van der Waals surface area contributed by atoms with Crippen molar-refractivity contribution < 1.29 is 29.3 Å². The van der Waals surface area contributed by atoms with Crippen LogP contribution in [0.3, 0.4) is 0 Å². The number of nitrogens with one attached hydrogen (secondary N) is 3. The maximum absolute atomic E-state index is 12.4. The Hall–Kier alpha value is -3.97. The van der Waals surface area contributed by atoms with Crippen molar-refractivity contribution >= 4 is 12.0 Å². The molecular formula is C20H25N7O6. The first-order valence-electron chi connectivity index (χ1n) is 10.0. The van der Waals surface area contributed by atoms with Crippen LogP contribution in [0.25, 0.3) is 0 Å². The quantitative estimate of drug-likeness (QED) is 0.218. The van der Waals surface area contributed by atoms with E-state index in [1.807, 2.05) is 0 Å². The van der Waals surface area contributed by atoms with Gasteiger partial charge in [0.2, 0.25) is 11.8 Å². The lowest BCUT2D eigenvalue weighted by Gasteiger charge is -2.20. The molecule has 0 saturated heterocycles. The highest BCUT2D eigenvalue weighted by molar-refractivity contribution is 5.83. The van der Waals surface area contributed by atoms with Gasteiger partial charge in [0.25, 0.3) is 0 Å². The number of rotatable bonds is 10. The van der Waals surface area contributed by atoms with Crippen LogP contribution in [-0.4, -0.2) is 59.6 Å². The summed E-state index contributed by atoms with van der Waals surface area (Å²) in [6.45, 7) is 1.25. The number of carbonyl (C=O) groups is 2. The number of nitrogens with zero attached hydrogens (tertiary/aromatic N) is 3. The second-order valence-corrected chi connectivity index (χ2v) is 7.46. The summed E-state index contributed by atoms with van der Waals surface area (Å²) in [5.74, 6) is -1.05. The molecule has 4 atom stereocenters. The maximum Gasteiger partial charge on any atom is 0.328 e. The van der Waals surface area contributed by atoms with E-state index >= 15 is 0 Å². The number of imidazole rings is 1. The van der Waals surface area contributed by atoms with Crippen molar-refractivity contribution in [2.24, 2.45) is 5.73 Å². The van der Waals surface area contributed by atoms with Gasteiger partial charge in [-0.05, 0) is 31.0 Å². The molecule has 1 unspecified atom stereocenters. The highest BCUT2D eigenvalue weighted by Gasteiger charge is 2.28. The smallest absolute Gasteiger partial charge is 0.328 e. The Morgan fingerprint density at radius 1 is 1.15 bits per heavy atom. The zero-order valence-electron chi connectivity index (χ0n) is 17.7. The molecule has 2 heterocycles. The van der Waals surface area contributed by atoms with E-state index in [2.05, 4.69) is 30.8 Å². The van der Waals surface area contributed by atoms with Crippen LogP contribution in [0.15, 0.2) is 41.2 Å². The van der Waals surface area contributed by atoms with Crippen LogP contribution in [0.4, 0.5) is 4.79 Å². The summed E-state index contributed by atoms with van der Waals surface area (Å²) in [7, 11) is 0. The monoisotopic (exact) mass is 459 g/mol. The number of H-pyrrole nitrogens is 1. The number of aliphatic hydroxyl groups is 1. The second kappa shape index (κ2) is 10.6.